The van der Waals surface area contributed by atoms with Gasteiger partial charge in [-0.3, -0.25) is 9.59 Å². The number of ketones is 1. The van der Waals surface area contributed by atoms with E-state index in [4.69, 9.17) is 4.74 Å². The van der Waals surface area contributed by atoms with Crippen molar-refractivity contribution in [2.75, 3.05) is 0 Å². The average molecular weight is 518 g/mol. The first-order valence-corrected chi connectivity index (χ1v) is 14.4. The number of aliphatic hydroxyl groups is 1. The van der Waals surface area contributed by atoms with Crippen molar-refractivity contribution >= 4 is 29.2 Å². The molecule has 0 radical (unpaired) electrons. The molecule has 1 N–H and O–H groups in total. The van der Waals surface area contributed by atoms with Crippen LogP contribution in [0.25, 0.3) is 6.08 Å². The van der Waals surface area contributed by atoms with E-state index in [1.54, 1.807) is 11.3 Å². The number of cyclic esters (lactones) is 1. The number of allylic oxidation sites excluding steroid dienone is 2. The molecule has 202 valence electrons. The van der Waals surface area contributed by atoms with Crippen LogP contribution in [-0.4, -0.2) is 34.1 Å². The average Bonchev–Trinajstić information content (AvgIpc) is 3.22. The highest BCUT2D eigenvalue weighted by molar-refractivity contribution is 7.09. The smallest absolute Gasteiger partial charge is 0.306 e. The van der Waals surface area contributed by atoms with Gasteiger partial charge >= 0.3 is 5.97 Å². The lowest BCUT2D eigenvalue weighted by Crippen LogP contribution is -2.39. The van der Waals surface area contributed by atoms with E-state index in [0.717, 1.165) is 54.8 Å². The van der Waals surface area contributed by atoms with Crippen LogP contribution in [0.3, 0.4) is 0 Å². The van der Waals surface area contributed by atoms with Gasteiger partial charge in [0, 0.05) is 29.6 Å². The zero-order valence-electron chi connectivity index (χ0n) is 23.4. The zero-order valence-corrected chi connectivity index (χ0v) is 24.2. The molecule has 0 aromatic carbocycles. The molecule has 5 nitrogen and oxygen atoms in total. The summed E-state index contributed by atoms with van der Waals surface area (Å²) in [4.78, 5) is 30.6. The first-order chi connectivity index (χ1) is 16.9. The second-order valence-corrected chi connectivity index (χ2v) is 12.5. The summed E-state index contributed by atoms with van der Waals surface area (Å²) in [5.41, 5.74) is 2.74. The Balaban J connectivity index is 2.16. The van der Waals surface area contributed by atoms with Gasteiger partial charge in [0.05, 0.1) is 16.8 Å². The van der Waals surface area contributed by atoms with Gasteiger partial charge in [0.15, 0.2) is 0 Å². The van der Waals surface area contributed by atoms with Gasteiger partial charge in [-0.25, -0.2) is 4.98 Å². The van der Waals surface area contributed by atoms with Crippen LogP contribution in [0, 0.1) is 24.2 Å². The third kappa shape index (κ3) is 9.93. The predicted octanol–water partition coefficient (Wildman–Crippen LogP) is 7.47. The van der Waals surface area contributed by atoms with Crippen LogP contribution in [-0.2, 0) is 14.3 Å². The standard InChI is InChI=1S/C30H47NO4S/c1-20-11-8-9-13-22(3)28(33)23(4)29(34)30(6,7)16-15-27(32)35-26(14-10-12-20)18-21(2)17-25-19-36-24(5)31-25/h12,17,19,22-23,26,28,33H,8-11,13-16,18H2,1-7H3/b20-12-,21-17+/t22-,23+,26-,28-/m0/s1. The second-order valence-electron chi connectivity index (χ2n) is 11.5. The third-order valence-corrected chi connectivity index (χ3v) is 8.26. The van der Waals surface area contributed by atoms with Gasteiger partial charge < -0.3 is 9.84 Å². The molecule has 2 rings (SSSR count). The topological polar surface area (TPSA) is 76.5 Å². The molecular weight excluding hydrogens is 470 g/mol. The van der Waals surface area contributed by atoms with Gasteiger partial charge in [-0.1, -0.05) is 51.3 Å². The molecule has 0 aliphatic carbocycles. The molecule has 4 atom stereocenters. The molecule has 0 bridgehead atoms. The van der Waals surface area contributed by atoms with Crippen LogP contribution in [0.4, 0.5) is 0 Å². The zero-order chi connectivity index (χ0) is 26.9. The van der Waals surface area contributed by atoms with Crippen molar-refractivity contribution in [1.29, 1.82) is 0 Å². The van der Waals surface area contributed by atoms with E-state index in [9.17, 15) is 14.7 Å². The summed E-state index contributed by atoms with van der Waals surface area (Å²) in [6.45, 7) is 13.8. The van der Waals surface area contributed by atoms with E-state index in [2.05, 4.69) is 31.0 Å². The third-order valence-electron chi connectivity index (χ3n) is 7.47. The van der Waals surface area contributed by atoms with Gasteiger partial charge in [0.2, 0.25) is 0 Å². The number of rotatable bonds is 3. The highest BCUT2D eigenvalue weighted by Crippen LogP contribution is 2.32. The number of thiazole rings is 1. The van der Waals surface area contributed by atoms with E-state index in [0.29, 0.717) is 12.8 Å². The van der Waals surface area contributed by atoms with E-state index >= 15 is 0 Å². The lowest BCUT2D eigenvalue weighted by atomic mass is 9.74. The summed E-state index contributed by atoms with van der Waals surface area (Å²) in [5, 5.41) is 13.9. The Morgan fingerprint density at radius 3 is 2.58 bits per heavy atom. The Hall–Kier alpha value is -1.79. The number of aryl methyl sites for hydroxylation is 1. The Labute approximate surface area is 222 Å². The maximum absolute atomic E-state index is 13.2. The fourth-order valence-electron chi connectivity index (χ4n) is 5.03. The Morgan fingerprint density at radius 2 is 1.92 bits per heavy atom. The number of hydrogen-bond donors (Lipinski definition) is 1. The normalized spacial score (nSPS) is 29.6. The Morgan fingerprint density at radius 1 is 1.19 bits per heavy atom. The molecule has 0 saturated heterocycles. The van der Waals surface area contributed by atoms with Gasteiger partial charge in [-0.05, 0) is 71.3 Å². The fourth-order valence-corrected chi connectivity index (χ4v) is 5.60. The molecule has 0 spiro atoms. The number of carbonyl (C=O) groups excluding carboxylic acids is 2. The van der Waals surface area contributed by atoms with E-state index in [1.165, 1.54) is 5.57 Å². The van der Waals surface area contributed by atoms with Gasteiger partial charge in [0.25, 0.3) is 0 Å². The molecule has 1 aromatic rings. The number of carbonyl (C=O) groups is 2. The lowest BCUT2D eigenvalue weighted by Gasteiger charge is -2.31. The summed E-state index contributed by atoms with van der Waals surface area (Å²) in [6.07, 6.45) is 10.4. The highest BCUT2D eigenvalue weighted by atomic mass is 32.1. The van der Waals surface area contributed by atoms with E-state index in [-0.39, 0.29) is 30.2 Å². The van der Waals surface area contributed by atoms with Crippen LogP contribution < -0.4 is 0 Å². The molecule has 0 amide bonds. The van der Waals surface area contributed by atoms with Crippen molar-refractivity contribution in [3.8, 4) is 0 Å². The molecule has 36 heavy (non-hydrogen) atoms. The van der Waals surface area contributed by atoms with Crippen molar-refractivity contribution < 1.29 is 19.4 Å². The minimum Gasteiger partial charge on any atom is -0.462 e. The van der Waals surface area contributed by atoms with Gasteiger partial charge in [0.1, 0.15) is 11.9 Å². The van der Waals surface area contributed by atoms with Crippen molar-refractivity contribution in [1.82, 2.24) is 4.98 Å². The maximum atomic E-state index is 13.2. The number of esters is 1. The largest absolute Gasteiger partial charge is 0.462 e. The quantitative estimate of drug-likeness (QED) is 0.332. The van der Waals surface area contributed by atoms with Crippen LogP contribution >= 0.6 is 11.3 Å². The number of Topliss-reactive ketones (excluding diaryl/α,β-unsaturated/α-hetero) is 1. The highest BCUT2D eigenvalue weighted by Gasteiger charge is 2.36. The Kier molecular flexibility index (Phi) is 12.0. The summed E-state index contributed by atoms with van der Waals surface area (Å²) in [7, 11) is 0. The number of ether oxygens (including phenoxy) is 1. The first-order valence-electron chi connectivity index (χ1n) is 13.6. The van der Waals surface area contributed by atoms with Crippen molar-refractivity contribution in [3.63, 3.8) is 0 Å². The summed E-state index contributed by atoms with van der Waals surface area (Å²) >= 11 is 1.63. The molecule has 1 aromatic heterocycles. The second kappa shape index (κ2) is 14.2. The lowest BCUT2D eigenvalue weighted by molar-refractivity contribution is -0.150. The fraction of sp³-hybridized carbons (Fsp3) is 0.700. The molecule has 0 unspecified atom stereocenters. The Bertz CT molecular complexity index is 929. The molecule has 6 heteroatoms. The van der Waals surface area contributed by atoms with Gasteiger partial charge in [-0.2, -0.15) is 0 Å². The summed E-state index contributed by atoms with van der Waals surface area (Å²) in [6, 6.07) is 0. The summed E-state index contributed by atoms with van der Waals surface area (Å²) < 4.78 is 5.95. The van der Waals surface area contributed by atoms with Crippen LogP contribution in [0.1, 0.15) is 110 Å². The first kappa shape index (κ1) is 30.4. The minimum atomic E-state index is -0.696. The minimum absolute atomic E-state index is 0.0171. The van der Waals surface area contributed by atoms with E-state index in [1.807, 2.05) is 40.0 Å². The summed E-state index contributed by atoms with van der Waals surface area (Å²) in [5.74, 6) is -0.635. The van der Waals surface area contributed by atoms with Crippen molar-refractivity contribution in [3.05, 3.63) is 33.3 Å². The molecule has 1 aliphatic heterocycles. The number of nitrogens with zero attached hydrogens (tertiary/aromatic N) is 1. The maximum Gasteiger partial charge on any atom is 0.306 e. The van der Waals surface area contributed by atoms with Gasteiger partial charge in [-0.15, -0.1) is 11.3 Å². The van der Waals surface area contributed by atoms with Crippen LogP contribution in [0.5, 0.6) is 0 Å². The molecule has 0 saturated carbocycles. The number of aliphatic hydroxyl groups excluding tert-OH is 1. The monoisotopic (exact) mass is 517 g/mol. The molecule has 1 aliphatic rings. The predicted molar refractivity (Wildman–Crippen MR) is 149 cm³/mol. The SMILES string of the molecule is C/C1=C/CC[C@@H](C/C(C)=C/c2csc(C)n2)OC(=O)CCC(C)(C)C(=O)[C@H](C)[C@@H](O)[C@@H](C)CCCC1. The molecule has 0 fully saturated rings. The molecule has 2 heterocycles. The molecular formula is C30H47NO4S. The van der Waals surface area contributed by atoms with Crippen molar-refractivity contribution in [2.45, 2.75) is 118 Å². The van der Waals surface area contributed by atoms with E-state index < -0.39 is 17.4 Å². The van der Waals surface area contributed by atoms with Crippen LogP contribution in [0.15, 0.2) is 22.6 Å². The number of aromatic nitrogens is 1. The van der Waals surface area contributed by atoms with Crippen LogP contribution in [0.2, 0.25) is 0 Å². The van der Waals surface area contributed by atoms with Crippen molar-refractivity contribution in [2.24, 2.45) is 17.3 Å². The number of hydrogen-bond acceptors (Lipinski definition) is 6.